The standard InChI is InChI=1S/C7H2BrClF3I/c8-4-2-6(13)5(9)1-3(4)7(10,11)12/h1-2H. The minimum atomic E-state index is -4.37. The van der Waals surface area contributed by atoms with Crippen LogP contribution in [0.4, 0.5) is 13.2 Å². The van der Waals surface area contributed by atoms with Crippen LogP contribution in [0.25, 0.3) is 0 Å². The van der Waals surface area contributed by atoms with E-state index in [2.05, 4.69) is 15.9 Å². The Kier molecular flexibility index (Phi) is 3.51. The highest BCUT2D eigenvalue weighted by atomic mass is 127. The highest BCUT2D eigenvalue weighted by Crippen LogP contribution is 2.37. The molecule has 1 aromatic carbocycles. The minimum absolute atomic E-state index is 0.00815. The van der Waals surface area contributed by atoms with Crippen LogP contribution in [-0.2, 0) is 6.18 Å². The molecule has 0 bridgehead atoms. The summed E-state index contributed by atoms with van der Waals surface area (Å²) in [6.07, 6.45) is -4.37. The van der Waals surface area contributed by atoms with Gasteiger partial charge < -0.3 is 0 Å². The van der Waals surface area contributed by atoms with Gasteiger partial charge in [0.05, 0.1) is 10.6 Å². The lowest BCUT2D eigenvalue weighted by atomic mass is 10.2. The first-order valence-corrected chi connectivity index (χ1v) is 5.29. The molecule has 0 spiro atoms. The molecule has 0 fully saturated rings. The van der Waals surface area contributed by atoms with Gasteiger partial charge in [0, 0.05) is 8.04 Å². The maximum Gasteiger partial charge on any atom is 0.417 e. The maximum absolute atomic E-state index is 12.3. The van der Waals surface area contributed by atoms with Crippen molar-refractivity contribution in [3.8, 4) is 0 Å². The van der Waals surface area contributed by atoms with Crippen molar-refractivity contribution in [3.05, 3.63) is 30.8 Å². The molecule has 0 N–H and O–H groups in total. The van der Waals surface area contributed by atoms with Gasteiger partial charge in [-0.15, -0.1) is 0 Å². The lowest BCUT2D eigenvalue weighted by Crippen LogP contribution is -2.06. The lowest BCUT2D eigenvalue weighted by Gasteiger charge is -2.09. The molecule has 0 radical (unpaired) electrons. The van der Waals surface area contributed by atoms with E-state index in [1.165, 1.54) is 6.07 Å². The fourth-order valence-corrected chi connectivity index (χ4v) is 2.37. The molecule has 1 rings (SSSR count). The van der Waals surface area contributed by atoms with E-state index in [0.29, 0.717) is 3.57 Å². The number of alkyl halides is 3. The molecule has 0 nitrogen and oxygen atoms in total. The van der Waals surface area contributed by atoms with Crippen LogP contribution in [0.3, 0.4) is 0 Å². The van der Waals surface area contributed by atoms with E-state index in [9.17, 15) is 13.2 Å². The van der Waals surface area contributed by atoms with E-state index < -0.39 is 11.7 Å². The zero-order chi connectivity index (χ0) is 10.2. The van der Waals surface area contributed by atoms with Crippen molar-refractivity contribution in [2.24, 2.45) is 0 Å². The van der Waals surface area contributed by atoms with Crippen LogP contribution < -0.4 is 0 Å². The number of rotatable bonds is 0. The van der Waals surface area contributed by atoms with Gasteiger partial charge in [-0.05, 0) is 34.7 Å². The summed E-state index contributed by atoms with van der Waals surface area (Å²) in [6.45, 7) is 0. The van der Waals surface area contributed by atoms with Gasteiger partial charge in [-0.25, -0.2) is 0 Å². The Morgan fingerprint density at radius 2 is 1.85 bits per heavy atom. The lowest BCUT2D eigenvalue weighted by molar-refractivity contribution is -0.138. The summed E-state index contributed by atoms with van der Waals surface area (Å²) in [5.74, 6) is 0. The third-order valence-electron chi connectivity index (χ3n) is 1.32. The van der Waals surface area contributed by atoms with Crippen molar-refractivity contribution in [3.63, 3.8) is 0 Å². The Bertz CT molecular complexity index is 337. The predicted molar refractivity (Wildman–Crippen MR) is 56.9 cm³/mol. The Balaban J connectivity index is 3.32. The second-order valence-corrected chi connectivity index (χ2v) is 4.67. The van der Waals surface area contributed by atoms with Gasteiger partial charge in [-0.3, -0.25) is 0 Å². The fourth-order valence-electron chi connectivity index (χ4n) is 0.740. The van der Waals surface area contributed by atoms with Crippen LogP contribution in [0, 0.1) is 3.57 Å². The fraction of sp³-hybridized carbons (Fsp3) is 0.143. The van der Waals surface area contributed by atoms with E-state index >= 15 is 0 Å². The molecule has 6 heteroatoms. The second-order valence-electron chi connectivity index (χ2n) is 2.24. The van der Waals surface area contributed by atoms with E-state index in [4.69, 9.17) is 11.6 Å². The van der Waals surface area contributed by atoms with Crippen molar-refractivity contribution in [2.45, 2.75) is 6.18 Å². The van der Waals surface area contributed by atoms with Crippen LogP contribution in [0.2, 0.25) is 5.02 Å². The molecule has 0 unspecified atom stereocenters. The Hall–Kier alpha value is 0.510. The first kappa shape index (κ1) is 11.6. The normalized spacial score (nSPS) is 11.8. The molecule has 0 aromatic heterocycles. The van der Waals surface area contributed by atoms with Crippen molar-refractivity contribution in [1.82, 2.24) is 0 Å². The molecule has 0 amide bonds. The van der Waals surface area contributed by atoms with Crippen molar-refractivity contribution in [1.29, 1.82) is 0 Å². The smallest absolute Gasteiger partial charge is 0.166 e. The zero-order valence-corrected chi connectivity index (χ0v) is 10.4. The summed E-state index contributed by atoms with van der Waals surface area (Å²) in [7, 11) is 0. The molecule has 0 heterocycles. The quantitative estimate of drug-likeness (QED) is 0.448. The van der Waals surface area contributed by atoms with Gasteiger partial charge in [0.25, 0.3) is 0 Å². The SMILES string of the molecule is FC(F)(F)c1cc(Cl)c(I)cc1Br. The summed E-state index contributed by atoms with van der Waals surface area (Å²) in [5, 5.41) is 0.108. The molecule has 13 heavy (non-hydrogen) atoms. The molecule has 0 aliphatic rings. The molecule has 0 saturated heterocycles. The third-order valence-corrected chi connectivity index (χ3v) is 3.50. The van der Waals surface area contributed by atoms with Crippen molar-refractivity contribution < 1.29 is 13.2 Å². The summed E-state index contributed by atoms with van der Waals surface area (Å²) in [6, 6.07) is 2.25. The van der Waals surface area contributed by atoms with Crippen LogP contribution in [0.5, 0.6) is 0 Å². The molecule has 0 aliphatic heterocycles. The Labute approximate surface area is 99.7 Å². The molecular weight excluding hydrogens is 383 g/mol. The second kappa shape index (κ2) is 3.94. The van der Waals surface area contributed by atoms with Gasteiger partial charge in [0.2, 0.25) is 0 Å². The molecule has 1 aromatic rings. The van der Waals surface area contributed by atoms with E-state index in [1.807, 2.05) is 22.6 Å². The summed E-state index contributed by atoms with van der Waals surface area (Å²) < 4.78 is 37.4. The zero-order valence-electron chi connectivity index (χ0n) is 5.92. The number of halogens is 6. The number of hydrogen-bond acceptors (Lipinski definition) is 0. The van der Waals surface area contributed by atoms with Crippen molar-refractivity contribution >= 4 is 50.1 Å². The van der Waals surface area contributed by atoms with Gasteiger partial charge in [0.1, 0.15) is 0 Å². The largest absolute Gasteiger partial charge is 0.417 e. The van der Waals surface area contributed by atoms with E-state index in [1.54, 1.807) is 0 Å². The van der Waals surface area contributed by atoms with E-state index in [0.717, 1.165) is 6.07 Å². The summed E-state index contributed by atoms with van der Waals surface area (Å²) in [4.78, 5) is 0. The summed E-state index contributed by atoms with van der Waals surface area (Å²) >= 11 is 10.3. The topological polar surface area (TPSA) is 0 Å². The van der Waals surface area contributed by atoms with Gasteiger partial charge >= 0.3 is 6.18 Å². The highest BCUT2D eigenvalue weighted by molar-refractivity contribution is 14.1. The third kappa shape index (κ3) is 2.73. The summed E-state index contributed by atoms with van der Waals surface area (Å²) in [5.41, 5.74) is -0.752. The highest BCUT2D eigenvalue weighted by Gasteiger charge is 2.33. The Morgan fingerprint density at radius 3 is 2.31 bits per heavy atom. The van der Waals surface area contributed by atoms with Crippen LogP contribution >= 0.6 is 50.1 Å². The van der Waals surface area contributed by atoms with Gasteiger partial charge in [0.15, 0.2) is 0 Å². The number of benzene rings is 1. The monoisotopic (exact) mass is 384 g/mol. The average molecular weight is 385 g/mol. The first-order chi connectivity index (χ1) is 5.82. The van der Waals surface area contributed by atoms with Gasteiger partial charge in [-0.2, -0.15) is 13.2 Å². The van der Waals surface area contributed by atoms with Gasteiger partial charge in [-0.1, -0.05) is 27.5 Å². The van der Waals surface area contributed by atoms with Crippen LogP contribution in [0.1, 0.15) is 5.56 Å². The molecular formula is C7H2BrClF3I. The molecule has 0 saturated carbocycles. The molecule has 0 atom stereocenters. The molecule has 72 valence electrons. The van der Waals surface area contributed by atoms with E-state index in [-0.39, 0.29) is 9.50 Å². The van der Waals surface area contributed by atoms with Crippen LogP contribution in [-0.4, -0.2) is 0 Å². The Morgan fingerprint density at radius 1 is 1.31 bits per heavy atom. The van der Waals surface area contributed by atoms with Crippen molar-refractivity contribution in [2.75, 3.05) is 0 Å². The molecule has 0 aliphatic carbocycles. The first-order valence-electron chi connectivity index (χ1n) is 3.04. The van der Waals surface area contributed by atoms with Crippen LogP contribution in [0.15, 0.2) is 16.6 Å². The predicted octanol–water partition coefficient (Wildman–Crippen LogP) is 4.73. The minimum Gasteiger partial charge on any atom is -0.166 e. The number of hydrogen-bond donors (Lipinski definition) is 0. The maximum atomic E-state index is 12.3. The average Bonchev–Trinajstić information content (AvgIpc) is 1.94.